The number of fused-ring (bicyclic) bond motifs is 1. The van der Waals surface area contributed by atoms with Crippen molar-refractivity contribution in [3.05, 3.63) is 24.0 Å². The average molecular weight is 268 g/mol. The van der Waals surface area contributed by atoms with Gasteiger partial charge >= 0.3 is 6.09 Å². The molecule has 0 aromatic heterocycles. The first-order chi connectivity index (χ1) is 8.58. The van der Waals surface area contributed by atoms with Gasteiger partial charge in [-0.2, -0.15) is 0 Å². The molecule has 1 aromatic carbocycles. The Balaban J connectivity index is 2.54. The van der Waals surface area contributed by atoms with E-state index in [1.54, 1.807) is 6.07 Å². The number of methoxy groups -OCH3 is 1. The number of thiocarbonyl (C=S) groups is 1. The molecule has 1 heterocycles. The van der Waals surface area contributed by atoms with Crippen LogP contribution in [0.5, 0.6) is 0 Å². The highest BCUT2D eigenvalue weighted by molar-refractivity contribution is 7.80. The van der Waals surface area contributed by atoms with Gasteiger partial charge in [0.2, 0.25) is 0 Å². The third-order valence-corrected chi connectivity index (χ3v) is 3.22. The van der Waals surface area contributed by atoms with Gasteiger partial charge in [-0.05, 0) is 24.6 Å². The second kappa shape index (κ2) is 4.89. The van der Waals surface area contributed by atoms with E-state index in [1.165, 1.54) is 24.1 Å². The summed E-state index contributed by atoms with van der Waals surface area (Å²) in [5.74, 6) is -0.410. The topological polar surface area (TPSA) is 41.6 Å². The lowest BCUT2D eigenvalue weighted by atomic mass is 10.1. The van der Waals surface area contributed by atoms with E-state index < -0.39 is 11.9 Å². The summed E-state index contributed by atoms with van der Waals surface area (Å²) in [4.78, 5) is 13.8. The maximum absolute atomic E-state index is 13.3. The van der Waals surface area contributed by atoms with Crippen LogP contribution in [0.3, 0.4) is 0 Å². The Hall–Kier alpha value is -1.69. The van der Waals surface area contributed by atoms with E-state index in [-0.39, 0.29) is 6.04 Å². The number of hydrogen-bond donors (Lipinski definition) is 1. The van der Waals surface area contributed by atoms with Crippen LogP contribution in [-0.2, 0) is 4.74 Å². The molecule has 0 fully saturated rings. The van der Waals surface area contributed by atoms with Crippen LogP contribution in [0.25, 0.3) is 0 Å². The Bertz CT molecular complexity index is 507. The van der Waals surface area contributed by atoms with Gasteiger partial charge in [0.25, 0.3) is 0 Å². The van der Waals surface area contributed by atoms with Crippen LogP contribution in [0.15, 0.2) is 18.2 Å². The summed E-state index contributed by atoms with van der Waals surface area (Å²) in [7, 11) is 1.29. The molecule has 96 valence electrons. The monoisotopic (exact) mass is 268 g/mol. The Morgan fingerprint density at radius 1 is 1.61 bits per heavy atom. The third-order valence-electron chi connectivity index (χ3n) is 2.85. The number of carbonyl (C=O) groups is 1. The van der Waals surface area contributed by atoms with Crippen LogP contribution in [0.4, 0.5) is 20.6 Å². The zero-order chi connectivity index (χ0) is 13.3. The summed E-state index contributed by atoms with van der Waals surface area (Å²) in [5.41, 5.74) is 1.05. The van der Waals surface area contributed by atoms with Crippen LogP contribution >= 0.6 is 12.2 Å². The van der Waals surface area contributed by atoms with Crippen molar-refractivity contribution >= 4 is 34.7 Å². The van der Waals surface area contributed by atoms with Gasteiger partial charge < -0.3 is 10.1 Å². The van der Waals surface area contributed by atoms with Crippen LogP contribution in [-0.4, -0.2) is 24.2 Å². The number of nitrogens with one attached hydrogen (secondary N) is 1. The number of amides is 1. The molecule has 18 heavy (non-hydrogen) atoms. The molecular formula is C12H13FN2O2S. The number of ether oxygens (including phenoxy) is 1. The van der Waals surface area contributed by atoms with E-state index in [2.05, 4.69) is 5.32 Å². The molecule has 6 heteroatoms. The molecule has 0 unspecified atom stereocenters. The Kier molecular flexibility index (Phi) is 3.47. The molecule has 0 saturated carbocycles. The van der Waals surface area contributed by atoms with Crippen molar-refractivity contribution in [3.63, 3.8) is 0 Å². The molecule has 0 radical (unpaired) electrons. The van der Waals surface area contributed by atoms with E-state index in [0.29, 0.717) is 22.8 Å². The maximum Gasteiger partial charge on any atom is 0.414 e. The minimum absolute atomic E-state index is 0.318. The van der Waals surface area contributed by atoms with Gasteiger partial charge in [0, 0.05) is 0 Å². The molecule has 1 aliphatic heterocycles. The Morgan fingerprint density at radius 2 is 2.33 bits per heavy atom. The molecule has 1 N–H and O–H groups in total. The van der Waals surface area contributed by atoms with E-state index in [1.807, 2.05) is 6.92 Å². The van der Waals surface area contributed by atoms with Gasteiger partial charge in [0.15, 0.2) is 0 Å². The first-order valence-electron chi connectivity index (χ1n) is 5.56. The van der Waals surface area contributed by atoms with Gasteiger partial charge in [0.1, 0.15) is 10.8 Å². The van der Waals surface area contributed by atoms with Gasteiger partial charge in [-0.3, -0.25) is 4.90 Å². The zero-order valence-electron chi connectivity index (χ0n) is 10.1. The summed E-state index contributed by atoms with van der Waals surface area (Å²) in [6, 6.07) is 3.85. The van der Waals surface area contributed by atoms with Crippen LogP contribution < -0.4 is 10.2 Å². The van der Waals surface area contributed by atoms with Crippen LogP contribution in [0.1, 0.15) is 13.3 Å². The zero-order valence-corrected chi connectivity index (χ0v) is 10.9. The number of carbonyl (C=O) groups excluding carboxylic acids is 1. The van der Waals surface area contributed by atoms with Crippen molar-refractivity contribution in [1.82, 2.24) is 0 Å². The van der Waals surface area contributed by atoms with Gasteiger partial charge in [0.05, 0.1) is 24.5 Å². The number of nitrogens with zero attached hydrogens (tertiary/aromatic N) is 1. The molecule has 0 spiro atoms. The lowest BCUT2D eigenvalue weighted by molar-refractivity contribution is 0.177. The third kappa shape index (κ3) is 2.03. The Morgan fingerprint density at radius 3 is 2.94 bits per heavy atom. The molecular weight excluding hydrogens is 255 g/mol. The fourth-order valence-electron chi connectivity index (χ4n) is 2.00. The highest BCUT2D eigenvalue weighted by atomic mass is 32.1. The SMILES string of the molecule is CC[C@H]1C(=S)Nc2ccc(F)cc2N1C(=O)OC. The molecule has 1 amide bonds. The number of rotatable bonds is 1. The van der Waals surface area contributed by atoms with Crippen LogP contribution in [0.2, 0.25) is 0 Å². The largest absolute Gasteiger partial charge is 0.452 e. The standard InChI is InChI=1S/C12H13FN2O2S/c1-3-9-11(18)14-8-5-4-7(13)6-10(8)15(9)12(16)17-2/h4-6,9H,3H2,1-2H3,(H,14,18)/t9-/m0/s1. The lowest BCUT2D eigenvalue weighted by Crippen LogP contribution is -2.50. The number of anilines is 2. The first kappa shape index (κ1) is 12.8. The molecule has 0 aliphatic carbocycles. The second-order valence-electron chi connectivity index (χ2n) is 3.91. The average Bonchev–Trinajstić information content (AvgIpc) is 2.36. The number of benzene rings is 1. The second-order valence-corrected chi connectivity index (χ2v) is 4.35. The summed E-state index contributed by atoms with van der Waals surface area (Å²) >= 11 is 5.23. The summed E-state index contributed by atoms with van der Waals surface area (Å²) in [6.45, 7) is 1.90. The molecule has 4 nitrogen and oxygen atoms in total. The van der Waals surface area contributed by atoms with E-state index >= 15 is 0 Å². The van der Waals surface area contributed by atoms with E-state index in [9.17, 15) is 9.18 Å². The highest BCUT2D eigenvalue weighted by Crippen LogP contribution is 2.34. The summed E-state index contributed by atoms with van der Waals surface area (Å²) < 4.78 is 18.1. The van der Waals surface area contributed by atoms with Crippen molar-refractivity contribution in [3.8, 4) is 0 Å². The van der Waals surface area contributed by atoms with E-state index in [0.717, 1.165) is 0 Å². The molecule has 1 aromatic rings. The Labute approximate surface area is 110 Å². The smallest absolute Gasteiger partial charge is 0.414 e. The molecule has 2 rings (SSSR count). The quantitative estimate of drug-likeness (QED) is 0.795. The number of halogens is 1. The minimum atomic E-state index is -0.544. The molecule has 1 atom stereocenters. The number of hydrogen-bond acceptors (Lipinski definition) is 3. The normalized spacial score (nSPS) is 18.1. The van der Waals surface area contributed by atoms with Gasteiger partial charge in [-0.25, -0.2) is 9.18 Å². The highest BCUT2D eigenvalue weighted by Gasteiger charge is 2.34. The van der Waals surface area contributed by atoms with Crippen molar-refractivity contribution in [2.45, 2.75) is 19.4 Å². The predicted molar refractivity (Wildman–Crippen MR) is 71.6 cm³/mol. The maximum atomic E-state index is 13.3. The predicted octanol–water partition coefficient (Wildman–Crippen LogP) is 2.93. The molecule has 1 aliphatic rings. The van der Waals surface area contributed by atoms with Crippen molar-refractivity contribution < 1.29 is 13.9 Å². The molecule has 0 bridgehead atoms. The fourth-order valence-corrected chi connectivity index (χ4v) is 2.38. The summed E-state index contributed by atoms with van der Waals surface area (Å²) in [5, 5.41) is 3.01. The van der Waals surface area contributed by atoms with Crippen molar-refractivity contribution in [2.24, 2.45) is 0 Å². The fraction of sp³-hybridized carbons (Fsp3) is 0.333. The first-order valence-corrected chi connectivity index (χ1v) is 5.97. The lowest BCUT2D eigenvalue weighted by Gasteiger charge is -2.36. The molecule has 0 saturated heterocycles. The van der Waals surface area contributed by atoms with Gasteiger partial charge in [-0.15, -0.1) is 0 Å². The minimum Gasteiger partial charge on any atom is -0.452 e. The van der Waals surface area contributed by atoms with Crippen LogP contribution in [0, 0.1) is 5.82 Å². The van der Waals surface area contributed by atoms with Crippen molar-refractivity contribution in [2.75, 3.05) is 17.3 Å². The van der Waals surface area contributed by atoms with Crippen molar-refractivity contribution in [1.29, 1.82) is 0 Å². The van der Waals surface area contributed by atoms with E-state index in [4.69, 9.17) is 17.0 Å². The summed E-state index contributed by atoms with van der Waals surface area (Å²) in [6.07, 6.45) is 0.0780. The van der Waals surface area contributed by atoms with Gasteiger partial charge in [-0.1, -0.05) is 19.1 Å².